The maximum atomic E-state index is 5.87. The number of aryl methyl sites for hydroxylation is 1. The van der Waals surface area contributed by atoms with Crippen LogP contribution in [0.5, 0.6) is 5.75 Å². The summed E-state index contributed by atoms with van der Waals surface area (Å²) in [6.45, 7) is 14.5. The number of rotatable bonds is 6. The molecule has 0 bridgehead atoms. The second-order valence-corrected chi connectivity index (χ2v) is 8.22. The van der Waals surface area contributed by atoms with Crippen LogP contribution in [-0.4, -0.2) is 6.61 Å². The van der Waals surface area contributed by atoms with E-state index in [2.05, 4.69) is 65.8 Å². The molecule has 0 aromatic heterocycles. The van der Waals surface area contributed by atoms with Crippen LogP contribution in [0.3, 0.4) is 0 Å². The highest BCUT2D eigenvalue weighted by Crippen LogP contribution is 2.24. The van der Waals surface area contributed by atoms with Crippen molar-refractivity contribution >= 4 is 0 Å². The van der Waals surface area contributed by atoms with Crippen molar-refractivity contribution in [3.05, 3.63) is 29.8 Å². The van der Waals surface area contributed by atoms with E-state index in [4.69, 9.17) is 4.74 Å². The lowest BCUT2D eigenvalue weighted by Gasteiger charge is -2.18. The normalized spacial score (nSPS) is 12.5. The summed E-state index contributed by atoms with van der Waals surface area (Å²) >= 11 is 0. The first kappa shape index (κ1) is 17.1. The Hall–Kier alpha value is -0.980. The van der Waals surface area contributed by atoms with Gasteiger partial charge in [0.2, 0.25) is 0 Å². The molecule has 0 aliphatic rings. The Morgan fingerprint density at radius 2 is 1.55 bits per heavy atom. The molecule has 1 nitrogen and oxygen atoms in total. The third-order valence-electron chi connectivity index (χ3n) is 3.40. The van der Waals surface area contributed by atoms with Gasteiger partial charge in [-0.2, -0.15) is 0 Å². The SMILES string of the molecule is CC(C)(C)CCCOc1cccc(CCC(C)(C)C)c1. The van der Waals surface area contributed by atoms with Crippen LogP contribution in [0.25, 0.3) is 0 Å². The van der Waals surface area contributed by atoms with Crippen molar-refractivity contribution in [1.29, 1.82) is 0 Å². The van der Waals surface area contributed by atoms with E-state index < -0.39 is 0 Å². The van der Waals surface area contributed by atoms with Gasteiger partial charge in [-0.1, -0.05) is 53.7 Å². The van der Waals surface area contributed by atoms with Crippen LogP contribution in [-0.2, 0) is 6.42 Å². The Labute approximate surface area is 125 Å². The van der Waals surface area contributed by atoms with Crippen LogP contribution in [0, 0.1) is 10.8 Å². The standard InChI is InChI=1S/C19H32O/c1-18(2,3)12-8-14-20-17-10-7-9-16(15-17)11-13-19(4,5)6/h7,9-10,15H,8,11-14H2,1-6H3. The highest BCUT2D eigenvalue weighted by molar-refractivity contribution is 5.28. The minimum Gasteiger partial charge on any atom is -0.494 e. The lowest BCUT2D eigenvalue weighted by Crippen LogP contribution is -2.08. The Kier molecular flexibility index (Phi) is 6.10. The molecule has 114 valence electrons. The summed E-state index contributed by atoms with van der Waals surface area (Å²) < 4.78 is 5.87. The number of ether oxygens (including phenoxy) is 1. The van der Waals surface area contributed by atoms with E-state index in [0.717, 1.165) is 25.2 Å². The van der Waals surface area contributed by atoms with Crippen LogP contribution < -0.4 is 4.74 Å². The van der Waals surface area contributed by atoms with E-state index in [0.29, 0.717) is 10.8 Å². The second kappa shape index (κ2) is 7.15. The molecule has 1 rings (SSSR count). The number of benzene rings is 1. The van der Waals surface area contributed by atoms with Gasteiger partial charge in [-0.05, 0) is 54.2 Å². The molecule has 0 aliphatic heterocycles. The molecule has 20 heavy (non-hydrogen) atoms. The molecule has 1 aromatic carbocycles. The molecular formula is C19H32O. The summed E-state index contributed by atoms with van der Waals surface area (Å²) in [7, 11) is 0. The smallest absolute Gasteiger partial charge is 0.119 e. The van der Waals surface area contributed by atoms with Crippen molar-refractivity contribution in [2.75, 3.05) is 6.61 Å². The van der Waals surface area contributed by atoms with E-state index in [1.807, 2.05) is 0 Å². The molecule has 1 heteroatoms. The largest absolute Gasteiger partial charge is 0.494 e. The molecule has 0 heterocycles. The van der Waals surface area contributed by atoms with Crippen molar-refractivity contribution in [3.8, 4) is 5.75 Å². The Morgan fingerprint density at radius 3 is 2.15 bits per heavy atom. The average Bonchev–Trinajstić information content (AvgIpc) is 2.31. The summed E-state index contributed by atoms with van der Waals surface area (Å²) in [6, 6.07) is 8.57. The predicted molar refractivity (Wildman–Crippen MR) is 88.4 cm³/mol. The molecule has 1 aromatic rings. The van der Waals surface area contributed by atoms with Gasteiger partial charge in [0.1, 0.15) is 5.75 Å². The minimum atomic E-state index is 0.392. The van der Waals surface area contributed by atoms with Gasteiger partial charge in [-0.15, -0.1) is 0 Å². The van der Waals surface area contributed by atoms with Gasteiger partial charge >= 0.3 is 0 Å². The summed E-state index contributed by atoms with van der Waals surface area (Å²) in [6.07, 6.45) is 4.66. The fourth-order valence-electron chi connectivity index (χ4n) is 2.10. The molecule has 0 spiro atoms. The van der Waals surface area contributed by atoms with Crippen LogP contribution in [0.4, 0.5) is 0 Å². The van der Waals surface area contributed by atoms with Crippen LogP contribution >= 0.6 is 0 Å². The Morgan fingerprint density at radius 1 is 0.900 bits per heavy atom. The topological polar surface area (TPSA) is 9.23 Å². The molecule has 0 radical (unpaired) electrons. The quantitative estimate of drug-likeness (QED) is 0.590. The summed E-state index contributed by atoms with van der Waals surface area (Å²) in [5, 5.41) is 0. The minimum absolute atomic E-state index is 0.392. The van der Waals surface area contributed by atoms with Gasteiger partial charge in [0.25, 0.3) is 0 Å². The summed E-state index contributed by atoms with van der Waals surface area (Å²) in [5.74, 6) is 1.02. The molecule has 0 saturated heterocycles. The van der Waals surface area contributed by atoms with Gasteiger partial charge in [0.15, 0.2) is 0 Å². The van der Waals surface area contributed by atoms with Crippen molar-refractivity contribution < 1.29 is 4.74 Å². The molecule has 0 atom stereocenters. The second-order valence-electron chi connectivity index (χ2n) is 8.22. The zero-order valence-electron chi connectivity index (χ0n) is 14.3. The predicted octanol–water partition coefficient (Wildman–Crippen LogP) is 5.87. The van der Waals surface area contributed by atoms with Crippen molar-refractivity contribution in [1.82, 2.24) is 0 Å². The zero-order chi connectivity index (χ0) is 15.2. The van der Waals surface area contributed by atoms with Crippen molar-refractivity contribution in [2.45, 2.75) is 67.2 Å². The average molecular weight is 276 g/mol. The lowest BCUT2D eigenvalue weighted by molar-refractivity contribution is 0.269. The van der Waals surface area contributed by atoms with Gasteiger partial charge < -0.3 is 4.74 Å². The van der Waals surface area contributed by atoms with E-state index in [1.54, 1.807) is 0 Å². The van der Waals surface area contributed by atoms with Crippen LogP contribution in [0.1, 0.15) is 66.4 Å². The van der Waals surface area contributed by atoms with Gasteiger partial charge in [-0.25, -0.2) is 0 Å². The van der Waals surface area contributed by atoms with Gasteiger partial charge in [0.05, 0.1) is 6.61 Å². The molecule has 0 unspecified atom stereocenters. The fourth-order valence-corrected chi connectivity index (χ4v) is 2.10. The van der Waals surface area contributed by atoms with E-state index in [-0.39, 0.29) is 0 Å². The summed E-state index contributed by atoms with van der Waals surface area (Å²) in [5.41, 5.74) is 2.18. The monoisotopic (exact) mass is 276 g/mol. The maximum Gasteiger partial charge on any atom is 0.119 e. The van der Waals surface area contributed by atoms with Crippen molar-refractivity contribution in [3.63, 3.8) is 0 Å². The molecule has 0 amide bonds. The van der Waals surface area contributed by atoms with Crippen LogP contribution in [0.2, 0.25) is 0 Å². The van der Waals surface area contributed by atoms with Crippen molar-refractivity contribution in [2.24, 2.45) is 10.8 Å². The third kappa shape index (κ3) is 8.24. The number of hydrogen-bond donors (Lipinski definition) is 0. The maximum absolute atomic E-state index is 5.87. The molecule has 0 fully saturated rings. The van der Waals surface area contributed by atoms with E-state index in [9.17, 15) is 0 Å². The molecule has 0 N–H and O–H groups in total. The number of hydrogen-bond acceptors (Lipinski definition) is 1. The first-order valence-electron chi connectivity index (χ1n) is 7.87. The van der Waals surface area contributed by atoms with Gasteiger partial charge in [0, 0.05) is 0 Å². The highest BCUT2D eigenvalue weighted by Gasteiger charge is 2.11. The van der Waals surface area contributed by atoms with Gasteiger partial charge in [-0.3, -0.25) is 0 Å². The zero-order valence-corrected chi connectivity index (χ0v) is 14.3. The molecular weight excluding hydrogens is 244 g/mol. The van der Waals surface area contributed by atoms with E-state index in [1.165, 1.54) is 18.4 Å². The van der Waals surface area contributed by atoms with E-state index >= 15 is 0 Å². The van der Waals surface area contributed by atoms with Crippen LogP contribution in [0.15, 0.2) is 24.3 Å². The molecule has 0 aliphatic carbocycles. The summed E-state index contributed by atoms with van der Waals surface area (Å²) in [4.78, 5) is 0. The Bertz CT molecular complexity index is 393. The third-order valence-corrected chi connectivity index (χ3v) is 3.40. The first-order chi connectivity index (χ1) is 9.16. The fraction of sp³-hybridized carbons (Fsp3) is 0.684. The first-order valence-corrected chi connectivity index (χ1v) is 7.87. The molecule has 0 saturated carbocycles. The lowest BCUT2D eigenvalue weighted by atomic mass is 9.89. The highest BCUT2D eigenvalue weighted by atomic mass is 16.5. The Balaban J connectivity index is 2.40.